The number of hydrogen-bond acceptors (Lipinski definition) is 4. The van der Waals surface area contributed by atoms with Gasteiger partial charge in [0.1, 0.15) is 0 Å². The van der Waals surface area contributed by atoms with Crippen molar-refractivity contribution in [3.05, 3.63) is 45.4 Å². The molecule has 0 amide bonds. The number of nitrogens with zero attached hydrogens (tertiary/aromatic N) is 2. The minimum absolute atomic E-state index is 0.244. The molecule has 98 valence electrons. The molecule has 1 aromatic carbocycles. The fraction of sp³-hybridized carbons (Fsp3) is 0.333. The summed E-state index contributed by atoms with van der Waals surface area (Å²) in [6, 6.07) is 10.4. The highest BCUT2D eigenvalue weighted by molar-refractivity contribution is 7.11. The van der Waals surface area contributed by atoms with E-state index < -0.39 is 0 Å². The number of rotatable bonds is 4. The summed E-state index contributed by atoms with van der Waals surface area (Å²) in [6.07, 6.45) is 0.461. The molecule has 1 heterocycles. The van der Waals surface area contributed by atoms with Gasteiger partial charge in [-0.2, -0.15) is 5.26 Å². The van der Waals surface area contributed by atoms with Crippen LogP contribution in [0.3, 0.4) is 0 Å². The Labute approximate surface area is 117 Å². The molecule has 2 rings (SSSR count). The Bertz CT molecular complexity index is 593. The van der Waals surface area contributed by atoms with E-state index in [0.29, 0.717) is 6.42 Å². The molecule has 0 bridgehead atoms. The van der Waals surface area contributed by atoms with Crippen molar-refractivity contribution in [2.75, 3.05) is 5.32 Å². The van der Waals surface area contributed by atoms with Crippen molar-refractivity contribution in [2.24, 2.45) is 0 Å². The fourth-order valence-corrected chi connectivity index (χ4v) is 3.00. The number of aryl methyl sites for hydroxylation is 2. The van der Waals surface area contributed by atoms with Crippen LogP contribution in [0.25, 0.3) is 0 Å². The summed E-state index contributed by atoms with van der Waals surface area (Å²) in [4.78, 5) is 5.73. The average Bonchev–Trinajstić information content (AvgIpc) is 2.71. The molecule has 0 saturated heterocycles. The maximum absolute atomic E-state index is 8.64. The minimum Gasteiger partial charge on any atom is -0.378 e. The molecule has 0 saturated carbocycles. The van der Waals surface area contributed by atoms with E-state index in [1.165, 1.54) is 4.88 Å². The van der Waals surface area contributed by atoms with Crippen LogP contribution in [-0.2, 0) is 6.42 Å². The predicted octanol–water partition coefficient (Wildman–Crippen LogP) is 4.00. The zero-order chi connectivity index (χ0) is 13.8. The van der Waals surface area contributed by atoms with Gasteiger partial charge in [0.25, 0.3) is 0 Å². The topological polar surface area (TPSA) is 48.7 Å². The second kappa shape index (κ2) is 5.85. The van der Waals surface area contributed by atoms with E-state index in [4.69, 9.17) is 5.26 Å². The van der Waals surface area contributed by atoms with Crippen LogP contribution in [-0.4, -0.2) is 4.98 Å². The van der Waals surface area contributed by atoms with Gasteiger partial charge in [-0.15, -0.1) is 11.3 Å². The summed E-state index contributed by atoms with van der Waals surface area (Å²) in [6.45, 7) is 6.22. The molecule has 1 unspecified atom stereocenters. The first-order valence-electron chi connectivity index (χ1n) is 6.26. The first-order valence-corrected chi connectivity index (χ1v) is 7.08. The van der Waals surface area contributed by atoms with Crippen molar-refractivity contribution in [1.29, 1.82) is 5.26 Å². The number of hydrogen-bond donors (Lipinski definition) is 1. The molecule has 2 aromatic rings. The number of benzene rings is 1. The lowest BCUT2D eigenvalue weighted by atomic mass is 10.1. The molecule has 0 radical (unpaired) electrons. The number of nitrogens with one attached hydrogen (secondary N) is 1. The maximum atomic E-state index is 8.64. The number of aromatic nitrogens is 1. The van der Waals surface area contributed by atoms with Gasteiger partial charge in [0.15, 0.2) is 0 Å². The molecule has 19 heavy (non-hydrogen) atoms. The number of nitriles is 1. The third-order valence-corrected chi connectivity index (χ3v) is 4.21. The van der Waals surface area contributed by atoms with Crippen LogP contribution in [0.2, 0.25) is 0 Å². The van der Waals surface area contributed by atoms with Crippen LogP contribution in [0.15, 0.2) is 24.3 Å². The molecule has 3 nitrogen and oxygen atoms in total. The van der Waals surface area contributed by atoms with Gasteiger partial charge in [0.2, 0.25) is 0 Å². The maximum Gasteiger partial charge on any atom is 0.0900 e. The molecule has 0 aliphatic heterocycles. The van der Waals surface area contributed by atoms with Crippen LogP contribution in [0.5, 0.6) is 0 Å². The summed E-state index contributed by atoms with van der Waals surface area (Å²) < 4.78 is 0. The van der Waals surface area contributed by atoms with Gasteiger partial charge in [-0.25, -0.2) is 4.98 Å². The van der Waals surface area contributed by atoms with E-state index in [2.05, 4.69) is 23.3 Å². The van der Waals surface area contributed by atoms with Crippen molar-refractivity contribution in [1.82, 2.24) is 4.98 Å². The molecule has 0 aliphatic carbocycles. The van der Waals surface area contributed by atoms with Crippen LogP contribution >= 0.6 is 11.3 Å². The normalized spacial score (nSPS) is 11.9. The van der Waals surface area contributed by atoms with E-state index in [0.717, 1.165) is 22.0 Å². The number of thiazole rings is 1. The average molecular weight is 271 g/mol. The molecule has 0 aliphatic rings. The van der Waals surface area contributed by atoms with Crippen LogP contribution in [0.4, 0.5) is 5.69 Å². The first-order chi connectivity index (χ1) is 9.10. The molecular formula is C15H17N3S. The standard InChI is InChI=1S/C15H17N3S/c1-10-15(19-12(3)17-10)11(2)18-14-6-4-13(5-7-14)8-9-16/h4-7,11,18H,8H2,1-3H3. The fourth-order valence-electron chi connectivity index (χ4n) is 2.07. The Morgan fingerprint density at radius 1 is 1.32 bits per heavy atom. The summed E-state index contributed by atoms with van der Waals surface area (Å²) in [7, 11) is 0. The van der Waals surface area contributed by atoms with Gasteiger partial charge in [-0.05, 0) is 38.5 Å². The largest absolute Gasteiger partial charge is 0.378 e. The zero-order valence-corrected chi connectivity index (χ0v) is 12.2. The first kappa shape index (κ1) is 13.6. The lowest BCUT2D eigenvalue weighted by Gasteiger charge is -2.14. The van der Waals surface area contributed by atoms with E-state index in [9.17, 15) is 0 Å². The van der Waals surface area contributed by atoms with Crippen LogP contribution in [0, 0.1) is 25.2 Å². The Hall–Kier alpha value is -1.86. The molecular weight excluding hydrogens is 254 g/mol. The van der Waals surface area contributed by atoms with Crippen LogP contribution < -0.4 is 5.32 Å². The van der Waals surface area contributed by atoms with Gasteiger partial charge in [-0.3, -0.25) is 0 Å². The predicted molar refractivity (Wildman–Crippen MR) is 79.4 cm³/mol. The van der Waals surface area contributed by atoms with Crippen molar-refractivity contribution >= 4 is 17.0 Å². The third kappa shape index (κ3) is 3.33. The Morgan fingerprint density at radius 2 is 2.00 bits per heavy atom. The summed E-state index contributed by atoms with van der Waals surface area (Å²) in [5.74, 6) is 0. The van der Waals surface area contributed by atoms with Crippen molar-refractivity contribution in [3.8, 4) is 6.07 Å². The summed E-state index contributed by atoms with van der Waals surface area (Å²) in [5, 5.41) is 13.2. The van der Waals surface area contributed by atoms with E-state index in [-0.39, 0.29) is 6.04 Å². The summed E-state index contributed by atoms with van der Waals surface area (Å²) in [5.41, 5.74) is 3.22. The van der Waals surface area contributed by atoms with Crippen molar-refractivity contribution in [3.63, 3.8) is 0 Å². The highest BCUT2D eigenvalue weighted by Gasteiger charge is 2.12. The lowest BCUT2D eigenvalue weighted by molar-refractivity contribution is 0.889. The Kier molecular flexibility index (Phi) is 4.18. The zero-order valence-electron chi connectivity index (χ0n) is 11.4. The van der Waals surface area contributed by atoms with E-state index in [1.807, 2.05) is 38.1 Å². The number of anilines is 1. The SMILES string of the molecule is Cc1nc(C)c(C(C)Nc2ccc(CC#N)cc2)s1. The molecule has 1 atom stereocenters. The van der Waals surface area contributed by atoms with E-state index in [1.54, 1.807) is 11.3 Å². The lowest BCUT2D eigenvalue weighted by Crippen LogP contribution is -2.06. The molecule has 0 fully saturated rings. The van der Waals surface area contributed by atoms with Gasteiger partial charge in [0.05, 0.1) is 29.2 Å². The highest BCUT2D eigenvalue weighted by Crippen LogP contribution is 2.27. The van der Waals surface area contributed by atoms with Gasteiger partial charge < -0.3 is 5.32 Å². The second-order valence-electron chi connectivity index (χ2n) is 4.58. The molecule has 1 aromatic heterocycles. The van der Waals surface area contributed by atoms with Gasteiger partial charge >= 0.3 is 0 Å². The van der Waals surface area contributed by atoms with Crippen LogP contribution in [0.1, 0.15) is 34.1 Å². The molecule has 1 N–H and O–H groups in total. The second-order valence-corrected chi connectivity index (χ2v) is 5.82. The highest BCUT2D eigenvalue weighted by atomic mass is 32.1. The Morgan fingerprint density at radius 3 is 2.53 bits per heavy atom. The Balaban J connectivity index is 2.08. The smallest absolute Gasteiger partial charge is 0.0900 e. The van der Waals surface area contributed by atoms with Gasteiger partial charge in [0, 0.05) is 10.6 Å². The van der Waals surface area contributed by atoms with Crippen molar-refractivity contribution in [2.45, 2.75) is 33.2 Å². The quantitative estimate of drug-likeness (QED) is 0.914. The molecule has 0 spiro atoms. The summed E-state index contributed by atoms with van der Waals surface area (Å²) >= 11 is 1.74. The minimum atomic E-state index is 0.244. The monoisotopic (exact) mass is 271 g/mol. The third-order valence-electron chi connectivity index (χ3n) is 2.95. The van der Waals surface area contributed by atoms with E-state index >= 15 is 0 Å². The molecule has 4 heteroatoms. The van der Waals surface area contributed by atoms with Gasteiger partial charge in [-0.1, -0.05) is 12.1 Å². The van der Waals surface area contributed by atoms with Crippen molar-refractivity contribution < 1.29 is 0 Å².